The second-order valence-corrected chi connectivity index (χ2v) is 10.9. The van der Waals surface area contributed by atoms with Crippen LogP contribution in [-0.4, -0.2) is 44.8 Å². The zero-order valence-electron chi connectivity index (χ0n) is 20.4. The lowest BCUT2D eigenvalue weighted by molar-refractivity contribution is 0.102. The number of anilines is 2. The zero-order chi connectivity index (χ0) is 25.3. The van der Waals surface area contributed by atoms with Crippen molar-refractivity contribution in [1.29, 1.82) is 0 Å². The van der Waals surface area contributed by atoms with Crippen molar-refractivity contribution in [2.75, 3.05) is 36.4 Å². The van der Waals surface area contributed by atoms with Gasteiger partial charge in [-0.05, 0) is 74.2 Å². The van der Waals surface area contributed by atoms with Crippen molar-refractivity contribution < 1.29 is 17.6 Å². The highest BCUT2D eigenvalue weighted by Gasteiger charge is 2.30. The molecule has 0 atom stereocenters. The van der Waals surface area contributed by atoms with Gasteiger partial charge in [-0.2, -0.15) is 4.31 Å². The predicted molar refractivity (Wildman–Crippen MR) is 137 cm³/mol. The highest BCUT2D eigenvalue weighted by atomic mass is 32.2. The smallest absolute Gasteiger partial charge is 0.258 e. The van der Waals surface area contributed by atoms with Crippen LogP contribution >= 0.6 is 0 Å². The van der Waals surface area contributed by atoms with E-state index in [1.165, 1.54) is 21.5 Å². The highest BCUT2D eigenvalue weighted by Crippen LogP contribution is 2.27. The number of piperazine rings is 1. The SMILES string of the molecule is Cc1cccc(N2CCN(S(=O)(=O)c3ccc(F)c(C(=O)Nc4c(C)cccc4C)c3)CC2)c1C. The topological polar surface area (TPSA) is 69.7 Å². The largest absolute Gasteiger partial charge is 0.369 e. The van der Waals surface area contributed by atoms with Gasteiger partial charge in [0.1, 0.15) is 5.82 Å². The third-order valence-corrected chi connectivity index (χ3v) is 8.59. The van der Waals surface area contributed by atoms with E-state index in [0.29, 0.717) is 31.9 Å². The summed E-state index contributed by atoms with van der Waals surface area (Å²) in [5.41, 5.74) is 5.44. The normalized spacial score (nSPS) is 14.7. The molecular weight excluding hydrogens is 465 g/mol. The lowest BCUT2D eigenvalue weighted by atomic mass is 10.1. The second kappa shape index (κ2) is 9.79. The molecule has 0 bridgehead atoms. The summed E-state index contributed by atoms with van der Waals surface area (Å²) in [6, 6.07) is 15.1. The minimum absolute atomic E-state index is 0.0919. The van der Waals surface area contributed by atoms with Gasteiger partial charge in [0.25, 0.3) is 5.91 Å². The fourth-order valence-corrected chi connectivity index (χ4v) is 5.88. The van der Waals surface area contributed by atoms with Crippen molar-refractivity contribution in [2.45, 2.75) is 32.6 Å². The van der Waals surface area contributed by atoms with E-state index in [1.54, 1.807) is 0 Å². The van der Waals surface area contributed by atoms with Crippen molar-refractivity contribution in [2.24, 2.45) is 0 Å². The number of halogens is 1. The first-order valence-electron chi connectivity index (χ1n) is 11.6. The van der Waals surface area contributed by atoms with E-state index in [-0.39, 0.29) is 10.5 Å². The minimum atomic E-state index is -3.89. The monoisotopic (exact) mass is 495 g/mol. The van der Waals surface area contributed by atoms with E-state index in [4.69, 9.17) is 0 Å². The summed E-state index contributed by atoms with van der Waals surface area (Å²) < 4.78 is 42.7. The maximum Gasteiger partial charge on any atom is 0.258 e. The number of carbonyl (C=O) groups excluding carboxylic acids is 1. The van der Waals surface area contributed by atoms with Gasteiger partial charge >= 0.3 is 0 Å². The molecule has 1 heterocycles. The van der Waals surface area contributed by atoms with Crippen LogP contribution in [0.1, 0.15) is 32.6 Å². The van der Waals surface area contributed by atoms with Gasteiger partial charge in [-0.25, -0.2) is 12.8 Å². The Morgan fingerprint density at radius 3 is 2.11 bits per heavy atom. The Bertz CT molecular complexity index is 1360. The molecule has 1 fully saturated rings. The third-order valence-electron chi connectivity index (χ3n) is 6.70. The van der Waals surface area contributed by atoms with E-state index >= 15 is 0 Å². The standard InChI is InChI=1S/C27H30FN3O3S/c1-18-7-6-10-25(21(18)4)30-13-15-31(16-14-30)35(33,34)22-11-12-24(28)23(17-22)27(32)29-26-19(2)8-5-9-20(26)3/h5-12,17H,13-16H2,1-4H3,(H,29,32). The number of amides is 1. The number of nitrogens with one attached hydrogen (secondary N) is 1. The van der Waals surface area contributed by atoms with Crippen LogP contribution in [0.15, 0.2) is 59.5 Å². The molecule has 0 aliphatic carbocycles. The molecule has 8 heteroatoms. The molecule has 1 saturated heterocycles. The van der Waals surface area contributed by atoms with Crippen LogP contribution in [0.3, 0.4) is 0 Å². The Kier molecular flexibility index (Phi) is 6.96. The van der Waals surface area contributed by atoms with Crippen molar-refractivity contribution >= 4 is 27.3 Å². The molecule has 0 aromatic heterocycles. The average molecular weight is 496 g/mol. The Morgan fingerprint density at radius 2 is 1.46 bits per heavy atom. The lowest BCUT2D eigenvalue weighted by Gasteiger charge is -2.36. The summed E-state index contributed by atoms with van der Waals surface area (Å²) in [4.78, 5) is 15.0. The molecule has 1 aliphatic rings. The predicted octanol–water partition coefficient (Wildman–Crippen LogP) is 4.82. The van der Waals surface area contributed by atoms with Crippen LogP contribution in [0.5, 0.6) is 0 Å². The molecule has 35 heavy (non-hydrogen) atoms. The number of benzene rings is 3. The van der Waals surface area contributed by atoms with Gasteiger partial charge in [0.05, 0.1) is 10.5 Å². The van der Waals surface area contributed by atoms with E-state index < -0.39 is 21.7 Å². The maximum absolute atomic E-state index is 14.6. The minimum Gasteiger partial charge on any atom is -0.369 e. The average Bonchev–Trinajstić information content (AvgIpc) is 2.83. The number of para-hydroxylation sites is 1. The molecule has 0 saturated carbocycles. The third kappa shape index (κ3) is 4.94. The molecule has 6 nitrogen and oxygen atoms in total. The fraction of sp³-hybridized carbons (Fsp3) is 0.296. The van der Waals surface area contributed by atoms with Crippen molar-refractivity contribution in [3.63, 3.8) is 0 Å². The molecule has 184 valence electrons. The highest BCUT2D eigenvalue weighted by molar-refractivity contribution is 7.89. The van der Waals surface area contributed by atoms with Crippen LogP contribution in [-0.2, 0) is 10.0 Å². The summed E-state index contributed by atoms with van der Waals surface area (Å²) in [7, 11) is -3.89. The summed E-state index contributed by atoms with van der Waals surface area (Å²) in [6.45, 7) is 9.51. The number of sulfonamides is 1. The molecule has 3 aromatic rings. The van der Waals surface area contributed by atoms with Gasteiger partial charge in [0.2, 0.25) is 10.0 Å². The number of carbonyl (C=O) groups is 1. The molecule has 4 rings (SSSR count). The fourth-order valence-electron chi connectivity index (χ4n) is 4.43. The van der Waals surface area contributed by atoms with Gasteiger partial charge in [0.15, 0.2) is 0 Å². The van der Waals surface area contributed by atoms with Crippen molar-refractivity contribution in [1.82, 2.24) is 4.31 Å². The number of aryl methyl sites for hydroxylation is 3. The first-order valence-corrected chi connectivity index (χ1v) is 13.0. The van der Waals surface area contributed by atoms with Crippen LogP contribution < -0.4 is 10.2 Å². The quantitative estimate of drug-likeness (QED) is 0.551. The number of nitrogens with zero attached hydrogens (tertiary/aromatic N) is 2. The van der Waals surface area contributed by atoms with E-state index in [0.717, 1.165) is 28.9 Å². The summed E-state index contributed by atoms with van der Waals surface area (Å²) in [5.74, 6) is -1.45. The maximum atomic E-state index is 14.6. The summed E-state index contributed by atoms with van der Waals surface area (Å²) >= 11 is 0. The summed E-state index contributed by atoms with van der Waals surface area (Å²) in [5, 5.41) is 2.73. The molecular formula is C27H30FN3O3S. The molecule has 3 aromatic carbocycles. The number of hydrogen-bond acceptors (Lipinski definition) is 4. The Hall–Kier alpha value is -3.23. The van der Waals surface area contributed by atoms with E-state index in [2.05, 4.69) is 30.1 Å². The van der Waals surface area contributed by atoms with Gasteiger partial charge in [-0.3, -0.25) is 4.79 Å². The van der Waals surface area contributed by atoms with Gasteiger partial charge < -0.3 is 10.2 Å². The molecule has 0 unspecified atom stereocenters. The first kappa shape index (κ1) is 24.9. The Balaban J connectivity index is 1.54. The van der Waals surface area contributed by atoms with Crippen molar-refractivity contribution in [3.8, 4) is 0 Å². The van der Waals surface area contributed by atoms with Gasteiger partial charge in [-0.1, -0.05) is 30.3 Å². The first-order chi connectivity index (χ1) is 16.6. The zero-order valence-corrected chi connectivity index (χ0v) is 21.2. The molecule has 1 N–H and O–H groups in total. The van der Waals surface area contributed by atoms with E-state index in [1.807, 2.05) is 44.2 Å². The van der Waals surface area contributed by atoms with Crippen LogP contribution in [0.4, 0.5) is 15.8 Å². The van der Waals surface area contributed by atoms with Gasteiger partial charge in [-0.15, -0.1) is 0 Å². The molecule has 0 spiro atoms. The Labute approximate surface area is 206 Å². The van der Waals surface area contributed by atoms with E-state index in [9.17, 15) is 17.6 Å². The Morgan fingerprint density at radius 1 is 0.857 bits per heavy atom. The molecule has 1 aliphatic heterocycles. The second-order valence-electron chi connectivity index (χ2n) is 8.97. The number of rotatable bonds is 5. The van der Waals surface area contributed by atoms with Crippen molar-refractivity contribution in [3.05, 3.63) is 88.2 Å². The van der Waals surface area contributed by atoms with Crippen LogP contribution in [0, 0.1) is 33.5 Å². The van der Waals surface area contributed by atoms with Crippen LogP contribution in [0.2, 0.25) is 0 Å². The lowest BCUT2D eigenvalue weighted by Crippen LogP contribution is -2.48. The molecule has 1 amide bonds. The molecule has 0 radical (unpaired) electrons. The van der Waals surface area contributed by atoms with Crippen LogP contribution in [0.25, 0.3) is 0 Å². The number of hydrogen-bond donors (Lipinski definition) is 1. The summed E-state index contributed by atoms with van der Waals surface area (Å²) in [6.07, 6.45) is 0. The van der Waals surface area contributed by atoms with Gasteiger partial charge in [0, 0.05) is 37.6 Å².